The lowest BCUT2D eigenvalue weighted by atomic mass is 10.0. The van der Waals surface area contributed by atoms with Gasteiger partial charge in [-0.15, -0.1) is 0 Å². The van der Waals surface area contributed by atoms with Crippen LogP contribution in [0.5, 0.6) is 5.75 Å². The number of nitrogens with zero attached hydrogens (tertiary/aromatic N) is 2. The van der Waals surface area contributed by atoms with Crippen LogP contribution in [0.4, 0.5) is 0 Å². The lowest BCUT2D eigenvalue weighted by Crippen LogP contribution is -2.03. The number of imidazole rings is 1. The summed E-state index contributed by atoms with van der Waals surface area (Å²) in [5, 5.41) is 9.62. The maximum Gasteiger partial charge on any atom is 0.145 e. The zero-order chi connectivity index (χ0) is 17.6. The van der Waals surface area contributed by atoms with Crippen molar-refractivity contribution in [3.63, 3.8) is 0 Å². The summed E-state index contributed by atoms with van der Waals surface area (Å²) in [6.45, 7) is 6.41. The molecule has 25 heavy (non-hydrogen) atoms. The minimum Gasteiger partial charge on any atom is -0.508 e. The minimum atomic E-state index is 0.258. The Morgan fingerprint density at radius 2 is 1.48 bits per heavy atom. The molecular formula is C22H20N2O. The lowest BCUT2D eigenvalue weighted by molar-refractivity contribution is 0.475. The highest BCUT2D eigenvalue weighted by atomic mass is 16.3. The fourth-order valence-corrected chi connectivity index (χ4v) is 3.58. The molecule has 0 spiro atoms. The smallest absolute Gasteiger partial charge is 0.145 e. The van der Waals surface area contributed by atoms with Gasteiger partial charge in [0.15, 0.2) is 0 Å². The van der Waals surface area contributed by atoms with Crippen LogP contribution >= 0.6 is 0 Å². The van der Waals surface area contributed by atoms with Crippen molar-refractivity contribution in [3.8, 4) is 22.8 Å². The second-order valence-corrected chi connectivity index (χ2v) is 6.55. The lowest BCUT2D eigenvalue weighted by Gasteiger charge is -2.16. The van der Waals surface area contributed by atoms with Crippen molar-refractivity contribution in [2.24, 2.45) is 0 Å². The quantitative estimate of drug-likeness (QED) is 0.540. The Kier molecular flexibility index (Phi) is 3.57. The highest BCUT2D eigenvalue weighted by Gasteiger charge is 2.17. The zero-order valence-corrected chi connectivity index (χ0v) is 14.6. The predicted octanol–water partition coefficient (Wildman–Crippen LogP) is 5.32. The maximum absolute atomic E-state index is 9.62. The minimum absolute atomic E-state index is 0.258. The standard InChI is InChI=1S/C22H20N2O/c1-14-12-15(2)21(16(3)13-14)24-20-7-5-4-6-19(20)23-22(24)17-8-10-18(25)11-9-17/h4-13,25H,1-3H3. The number of hydrogen-bond acceptors (Lipinski definition) is 2. The van der Waals surface area contributed by atoms with Crippen LogP contribution in [0.1, 0.15) is 16.7 Å². The molecule has 3 nitrogen and oxygen atoms in total. The van der Waals surface area contributed by atoms with Gasteiger partial charge in [-0.05, 0) is 68.3 Å². The average molecular weight is 328 g/mol. The number of fused-ring (bicyclic) bond motifs is 1. The van der Waals surface area contributed by atoms with Crippen LogP contribution < -0.4 is 0 Å². The summed E-state index contributed by atoms with van der Waals surface area (Å²) in [7, 11) is 0. The van der Waals surface area contributed by atoms with E-state index in [2.05, 4.69) is 43.5 Å². The third-order valence-corrected chi connectivity index (χ3v) is 4.55. The first-order chi connectivity index (χ1) is 12.0. The van der Waals surface area contributed by atoms with Gasteiger partial charge in [0.05, 0.1) is 16.7 Å². The summed E-state index contributed by atoms with van der Waals surface area (Å²) >= 11 is 0. The molecule has 0 aliphatic carbocycles. The summed E-state index contributed by atoms with van der Waals surface area (Å²) in [5.74, 6) is 1.14. The van der Waals surface area contributed by atoms with Gasteiger partial charge in [-0.1, -0.05) is 29.8 Å². The number of phenolic OH excluding ortho intramolecular Hbond substituents is 1. The Balaban J connectivity index is 2.09. The first-order valence-electron chi connectivity index (χ1n) is 8.40. The van der Waals surface area contributed by atoms with Crippen molar-refractivity contribution in [2.75, 3.05) is 0 Å². The van der Waals surface area contributed by atoms with Gasteiger partial charge in [0.1, 0.15) is 11.6 Å². The topological polar surface area (TPSA) is 38.0 Å². The normalized spacial score (nSPS) is 11.2. The fourth-order valence-electron chi connectivity index (χ4n) is 3.58. The van der Waals surface area contributed by atoms with Crippen LogP contribution in [0.3, 0.4) is 0 Å². The molecule has 1 aromatic heterocycles. The van der Waals surface area contributed by atoms with Gasteiger partial charge < -0.3 is 5.11 Å². The van der Waals surface area contributed by atoms with Crippen molar-refractivity contribution >= 4 is 11.0 Å². The first kappa shape index (κ1) is 15.5. The van der Waals surface area contributed by atoms with E-state index in [4.69, 9.17) is 4.98 Å². The molecule has 1 N–H and O–H groups in total. The molecule has 124 valence electrons. The number of benzene rings is 3. The molecule has 4 rings (SSSR count). The molecule has 0 atom stereocenters. The Morgan fingerprint density at radius 3 is 2.16 bits per heavy atom. The average Bonchev–Trinajstić information content (AvgIpc) is 2.94. The van der Waals surface area contributed by atoms with E-state index in [1.54, 1.807) is 12.1 Å². The van der Waals surface area contributed by atoms with Crippen LogP contribution in [0.25, 0.3) is 28.1 Å². The van der Waals surface area contributed by atoms with Crippen LogP contribution in [0.15, 0.2) is 60.7 Å². The number of hydrogen-bond donors (Lipinski definition) is 1. The second kappa shape index (κ2) is 5.78. The van der Waals surface area contributed by atoms with Crippen LogP contribution in [-0.2, 0) is 0 Å². The summed E-state index contributed by atoms with van der Waals surface area (Å²) in [6, 6.07) is 19.8. The van der Waals surface area contributed by atoms with E-state index in [0.717, 1.165) is 22.4 Å². The van der Waals surface area contributed by atoms with Crippen LogP contribution in [0, 0.1) is 20.8 Å². The summed E-state index contributed by atoms with van der Waals surface area (Å²) < 4.78 is 2.23. The number of aromatic nitrogens is 2. The summed E-state index contributed by atoms with van der Waals surface area (Å²) in [4.78, 5) is 4.87. The number of rotatable bonds is 2. The molecule has 4 aromatic rings. The molecule has 3 heteroatoms. The van der Waals surface area contributed by atoms with Gasteiger partial charge >= 0.3 is 0 Å². The van der Waals surface area contributed by atoms with Gasteiger partial charge in [0.25, 0.3) is 0 Å². The summed E-state index contributed by atoms with van der Waals surface area (Å²) in [6.07, 6.45) is 0. The second-order valence-electron chi connectivity index (χ2n) is 6.55. The molecule has 0 amide bonds. The third kappa shape index (κ3) is 2.58. The van der Waals surface area contributed by atoms with Crippen molar-refractivity contribution < 1.29 is 5.11 Å². The maximum atomic E-state index is 9.62. The van der Waals surface area contributed by atoms with Gasteiger partial charge in [0, 0.05) is 5.56 Å². The van der Waals surface area contributed by atoms with Crippen molar-refractivity contribution in [1.29, 1.82) is 0 Å². The molecule has 1 heterocycles. The van der Waals surface area contributed by atoms with E-state index in [-0.39, 0.29) is 5.75 Å². The fraction of sp³-hybridized carbons (Fsp3) is 0.136. The SMILES string of the molecule is Cc1cc(C)c(-n2c(-c3ccc(O)cc3)nc3ccccc32)c(C)c1. The van der Waals surface area contributed by atoms with Gasteiger partial charge in [-0.25, -0.2) is 4.98 Å². The number of para-hydroxylation sites is 2. The highest BCUT2D eigenvalue weighted by Crippen LogP contribution is 2.32. The van der Waals surface area contributed by atoms with E-state index < -0.39 is 0 Å². The molecule has 0 saturated carbocycles. The first-order valence-corrected chi connectivity index (χ1v) is 8.40. The Hall–Kier alpha value is -3.07. The number of phenols is 1. The summed E-state index contributed by atoms with van der Waals surface area (Å²) in [5.41, 5.74) is 7.90. The Labute approximate surface area is 147 Å². The van der Waals surface area contributed by atoms with E-state index in [1.165, 1.54) is 22.4 Å². The van der Waals surface area contributed by atoms with E-state index >= 15 is 0 Å². The molecule has 0 aliphatic heterocycles. The van der Waals surface area contributed by atoms with Crippen molar-refractivity contribution in [1.82, 2.24) is 9.55 Å². The molecule has 3 aromatic carbocycles. The molecule has 0 bridgehead atoms. The van der Waals surface area contributed by atoms with Gasteiger partial charge in [-0.3, -0.25) is 4.57 Å². The van der Waals surface area contributed by atoms with E-state index in [1.807, 2.05) is 30.3 Å². The molecular weight excluding hydrogens is 308 g/mol. The highest BCUT2D eigenvalue weighted by molar-refractivity contribution is 5.84. The monoisotopic (exact) mass is 328 g/mol. The molecule has 0 saturated heterocycles. The van der Waals surface area contributed by atoms with Crippen molar-refractivity contribution in [2.45, 2.75) is 20.8 Å². The number of aromatic hydroxyl groups is 1. The van der Waals surface area contributed by atoms with Crippen LogP contribution in [0.2, 0.25) is 0 Å². The van der Waals surface area contributed by atoms with E-state index in [9.17, 15) is 5.11 Å². The van der Waals surface area contributed by atoms with E-state index in [0.29, 0.717) is 0 Å². The Morgan fingerprint density at radius 1 is 0.840 bits per heavy atom. The molecule has 0 unspecified atom stereocenters. The third-order valence-electron chi connectivity index (χ3n) is 4.55. The number of aryl methyl sites for hydroxylation is 3. The van der Waals surface area contributed by atoms with Crippen molar-refractivity contribution in [3.05, 3.63) is 77.4 Å². The Bertz CT molecular complexity index is 1050. The molecule has 0 aliphatic rings. The predicted molar refractivity (Wildman–Crippen MR) is 102 cm³/mol. The van der Waals surface area contributed by atoms with Gasteiger partial charge in [0.2, 0.25) is 0 Å². The molecule has 0 radical (unpaired) electrons. The van der Waals surface area contributed by atoms with Crippen LogP contribution in [-0.4, -0.2) is 14.7 Å². The van der Waals surface area contributed by atoms with Gasteiger partial charge in [-0.2, -0.15) is 0 Å². The largest absolute Gasteiger partial charge is 0.508 e. The molecule has 0 fully saturated rings. The zero-order valence-electron chi connectivity index (χ0n) is 14.6.